The Morgan fingerprint density at radius 2 is 1.48 bits per heavy atom. The van der Waals surface area contributed by atoms with Crippen molar-refractivity contribution in [1.29, 1.82) is 0 Å². The van der Waals surface area contributed by atoms with Crippen molar-refractivity contribution in [1.82, 2.24) is 15.5 Å². The maximum absolute atomic E-state index is 12.5. The average molecular weight is 394 g/mol. The highest BCUT2D eigenvalue weighted by molar-refractivity contribution is 5.78. The lowest BCUT2D eigenvalue weighted by Crippen LogP contribution is -2.41. The van der Waals surface area contributed by atoms with Gasteiger partial charge in [0.05, 0.1) is 6.04 Å². The zero-order valence-electron chi connectivity index (χ0n) is 17.0. The first-order valence-corrected chi connectivity index (χ1v) is 10.6. The minimum Gasteiger partial charge on any atom is -0.343 e. The summed E-state index contributed by atoms with van der Waals surface area (Å²) in [6.45, 7) is 2.05. The van der Waals surface area contributed by atoms with Crippen LogP contribution in [-0.2, 0) is 11.2 Å². The van der Waals surface area contributed by atoms with Crippen LogP contribution in [0.15, 0.2) is 60.7 Å². The summed E-state index contributed by atoms with van der Waals surface area (Å²) in [4.78, 5) is 26.8. The molecule has 0 aliphatic carbocycles. The Hall–Kier alpha value is -2.82. The van der Waals surface area contributed by atoms with E-state index in [2.05, 4.69) is 22.8 Å². The molecule has 1 fully saturated rings. The lowest BCUT2D eigenvalue weighted by Gasteiger charge is -2.21. The molecule has 1 saturated heterocycles. The van der Waals surface area contributed by atoms with E-state index in [9.17, 15) is 9.59 Å². The number of carbonyl (C=O) groups is 2. The molecule has 2 N–H and O–H groups in total. The fraction of sp³-hybridized carbons (Fsp3) is 0.417. The minimum absolute atomic E-state index is 0.125. The molecule has 1 aliphatic heterocycles. The number of rotatable bonds is 7. The van der Waals surface area contributed by atoms with Crippen molar-refractivity contribution < 1.29 is 9.59 Å². The third kappa shape index (κ3) is 6.93. The minimum atomic E-state index is -0.238. The smallest absolute Gasteiger partial charge is 0.315 e. The van der Waals surface area contributed by atoms with E-state index in [0.29, 0.717) is 19.4 Å². The quantitative estimate of drug-likeness (QED) is 0.745. The molecule has 5 heteroatoms. The number of urea groups is 1. The number of hydrogen-bond acceptors (Lipinski definition) is 2. The Labute approximate surface area is 173 Å². The molecule has 0 bridgehead atoms. The van der Waals surface area contributed by atoms with E-state index in [1.54, 1.807) is 0 Å². The average Bonchev–Trinajstić information content (AvgIpc) is 3.04. The Morgan fingerprint density at radius 3 is 2.14 bits per heavy atom. The van der Waals surface area contributed by atoms with Crippen molar-refractivity contribution in [2.75, 3.05) is 19.6 Å². The molecule has 0 saturated carbocycles. The van der Waals surface area contributed by atoms with Gasteiger partial charge < -0.3 is 15.5 Å². The van der Waals surface area contributed by atoms with Crippen LogP contribution in [0.1, 0.15) is 49.3 Å². The SMILES string of the molecule is O=C(NCCC(=O)N1CCCCCC1)NC(Cc1ccccc1)c1ccccc1. The van der Waals surface area contributed by atoms with Gasteiger partial charge in [-0.1, -0.05) is 73.5 Å². The second kappa shape index (κ2) is 11.2. The third-order valence-electron chi connectivity index (χ3n) is 5.37. The molecule has 5 nitrogen and oxygen atoms in total. The summed E-state index contributed by atoms with van der Waals surface area (Å²) in [6.07, 6.45) is 5.63. The summed E-state index contributed by atoms with van der Waals surface area (Å²) in [5, 5.41) is 5.93. The number of benzene rings is 2. The molecular weight excluding hydrogens is 362 g/mol. The van der Waals surface area contributed by atoms with Crippen molar-refractivity contribution in [3.8, 4) is 0 Å². The van der Waals surface area contributed by atoms with Gasteiger partial charge in [0.15, 0.2) is 0 Å². The highest BCUT2D eigenvalue weighted by atomic mass is 16.2. The first-order valence-electron chi connectivity index (χ1n) is 10.6. The zero-order valence-corrected chi connectivity index (χ0v) is 17.0. The fourth-order valence-electron chi connectivity index (χ4n) is 3.76. The van der Waals surface area contributed by atoms with E-state index < -0.39 is 0 Å². The molecule has 1 unspecified atom stereocenters. The summed E-state index contributed by atoms with van der Waals surface area (Å²) >= 11 is 0. The molecule has 2 aromatic carbocycles. The van der Waals surface area contributed by atoms with Crippen molar-refractivity contribution >= 4 is 11.9 Å². The van der Waals surface area contributed by atoms with Gasteiger partial charge in [0.2, 0.25) is 5.91 Å². The van der Waals surface area contributed by atoms with Crippen LogP contribution in [-0.4, -0.2) is 36.5 Å². The maximum Gasteiger partial charge on any atom is 0.315 e. The molecule has 3 amide bonds. The van der Waals surface area contributed by atoms with Gasteiger partial charge in [0.25, 0.3) is 0 Å². The van der Waals surface area contributed by atoms with Crippen molar-refractivity contribution in [2.24, 2.45) is 0 Å². The van der Waals surface area contributed by atoms with E-state index in [0.717, 1.165) is 37.1 Å². The Bertz CT molecular complexity index is 756. The molecule has 1 heterocycles. The lowest BCUT2D eigenvalue weighted by atomic mass is 9.99. The van der Waals surface area contributed by atoms with Crippen molar-refractivity contribution in [3.63, 3.8) is 0 Å². The van der Waals surface area contributed by atoms with E-state index in [4.69, 9.17) is 0 Å². The van der Waals surface area contributed by atoms with Crippen LogP contribution in [0, 0.1) is 0 Å². The highest BCUT2D eigenvalue weighted by Crippen LogP contribution is 2.18. The van der Waals surface area contributed by atoms with Gasteiger partial charge in [-0.05, 0) is 30.4 Å². The van der Waals surface area contributed by atoms with Gasteiger partial charge in [0, 0.05) is 26.1 Å². The first-order chi connectivity index (χ1) is 14.2. The monoisotopic (exact) mass is 393 g/mol. The Kier molecular flexibility index (Phi) is 8.11. The number of nitrogens with one attached hydrogen (secondary N) is 2. The van der Waals surface area contributed by atoms with Crippen LogP contribution >= 0.6 is 0 Å². The lowest BCUT2D eigenvalue weighted by molar-refractivity contribution is -0.131. The predicted octanol–water partition coefficient (Wildman–Crippen LogP) is 4.06. The second-order valence-corrected chi connectivity index (χ2v) is 7.60. The zero-order chi connectivity index (χ0) is 20.3. The van der Waals surface area contributed by atoms with Crippen LogP contribution in [0.3, 0.4) is 0 Å². The van der Waals surface area contributed by atoms with Crippen LogP contribution in [0.25, 0.3) is 0 Å². The van der Waals surface area contributed by atoms with Crippen molar-refractivity contribution in [3.05, 3.63) is 71.8 Å². The highest BCUT2D eigenvalue weighted by Gasteiger charge is 2.17. The largest absolute Gasteiger partial charge is 0.343 e. The van der Waals surface area contributed by atoms with Crippen LogP contribution in [0.4, 0.5) is 4.79 Å². The predicted molar refractivity (Wildman–Crippen MR) is 116 cm³/mol. The molecule has 0 aromatic heterocycles. The molecule has 29 heavy (non-hydrogen) atoms. The third-order valence-corrected chi connectivity index (χ3v) is 5.37. The standard InChI is InChI=1S/C24H31N3O2/c28-23(27-17-9-1-2-10-18-27)15-16-25-24(29)26-22(21-13-7-4-8-14-21)19-20-11-5-3-6-12-20/h3-8,11-14,22H,1-2,9-10,15-19H2,(H2,25,26,29). The first kappa shape index (κ1) is 20.9. The topological polar surface area (TPSA) is 61.4 Å². The van der Waals surface area contributed by atoms with Gasteiger partial charge in [-0.2, -0.15) is 0 Å². The normalized spacial score (nSPS) is 15.2. The number of hydrogen-bond donors (Lipinski definition) is 2. The molecular formula is C24H31N3O2. The van der Waals surface area contributed by atoms with Gasteiger partial charge in [-0.3, -0.25) is 4.79 Å². The van der Waals surface area contributed by atoms with E-state index in [1.165, 1.54) is 12.8 Å². The van der Waals surface area contributed by atoms with Crippen molar-refractivity contribution in [2.45, 2.75) is 44.6 Å². The Balaban J connectivity index is 1.51. The molecule has 3 rings (SSSR count). The molecule has 0 spiro atoms. The van der Waals surface area contributed by atoms with E-state index in [-0.39, 0.29) is 18.0 Å². The second-order valence-electron chi connectivity index (χ2n) is 7.60. The number of nitrogens with zero attached hydrogens (tertiary/aromatic N) is 1. The number of amides is 3. The summed E-state index contributed by atoms with van der Waals surface area (Å²) in [5.74, 6) is 0.135. The van der Waals surface area contributed by atoms with Crippen LogP contribution < -0.4 is 10.6 Å². The Morgan fingerprint density at radius 1 is 0.862 bits per heavy atom. The number of likely N-dealkylation sites (tertiary alicyclic amines) is 1. The maximum atomic E-state index is 12.5. The van der Waals surface area contributed by atoms with Gasteiger partial charge in [-0.15, -0.1) is 0 Å². The van der Waals surface area contributed by atoms with E-state index >= 15 is 0 Å². The van der Waals surface area contributed by atoms with Gasteiger partial charge in [0.1, 0.15) is 0 Å². The summed E-state index contributed by atoms with van der Waals surface area (Å²) in [6, 6.07) is 19.7. The van der Waals surface area contributed by atoms with Crippen LogP contribution in [0.5, 0.6) is 0 Å². The molecule has 0 radical (unpaired) electrons. The summed E-state index contributed by atoms with van der Waals surface area (Å²) in [7, 11) is 0. The number of carbonyl (C=O) groups excluding carboxylic acids is 2. The summed E-state index contributed by atoms with van der Waals surface area (Å²) < 4.78 is 0. The molecule has 1 aliphatic rings. The molecule has 154 valence electrons. The van der Waals surface area contributed by atoms with Gasteiger partial charge >= 0.3 is 6.03 Å². The van der Waals surface area contributed by atoms with Crippen LogP contribution in [0.2, 0.25) is 0 Å². The fourth-order valence-corrected chi connectivity index (χ4v) is 3.76. The molecule has 2 aromatic rings. The van der Waals surface area contributed by atoms with E-state index in [1.807, 2.05) is 53.4 Å². The van der Waals surface area contributed by atoms with Gasteiger partial charge in [-0.25, -0.2) is 4.79 Å². The molecule has 1 atom stereocenters. The summed E-state index contributed by atoms with van der Waals surface area (Å²) in [5.41, 5.74) is 2.23.